The summed E-state index contributed by atoms with van der Waals surface area (Å²) in [5, 5.41) is 3.06. The summed E-state index contributed by atoms with van der Waals surface area (Å²) in [7, 11) is 0. The highest BCUT2D eigenvalue weighted by Gasteiger charge is 2.29. The van der Waals surface area contributed by atoms with Gasteiger partial charge in [0.1, 0.15) is 0 Å². The molecule has 0 aromatic rings. The first kappa shape index (κ1) is 9.97. The molecule has 0 spiro atoms. The molecule has 1 saturated carbocycles. The van der Waals surface area contributed by atoms with E-state index in [1.54, 1.807) is 0 Å². The van der Waals surface area contributed by atoms with E-state index >= 15 is 0 Å². The molecule has 2 fully saturated rings. The van der Waals surface area contributed by atoms with Crippen LogP contribution in [-0.2, 0) is 9.53 Å². The summed E-state index contributed by atoms with van der Waals surface area (Å²) in [4.78, 5) is 11.6. The van der Waals surface area contributed by atoms with Gasteiger partial charge in [0.15, 0.2) is 0 Å². The Labute approximate surface area is 85.2 Å². The Hall–Kier alpha value is -0.570. The van der Waals surface area contributed by atoms with Gasteiger partial charge >= 0.3 is 0 Å². The first-order valence-electron chi connectivity index (χ1n) is 5.69. The minimum absolute atomic E-state index is 0.186. The quantitative estimate of drug-likeness (QED) is 0.744. The zero-order chi connectivity index (χ0) is 9.97. The number of carbonyl (C=O) groups excluding carboxylic acids is 1. The Morgan fingerprint density at radius 2 is 2.14 bits per heavy atom. The highest BCUT2D eigenvalue weighted by Crippen LogP contribution is 2.26. The molecule has 14 heavy (non-hydrogen) atoms. The number of hydrogen-bond acceptors (Lipinski definition) is 2. The van der Waals surface area contributed by atoms with E-state index in [1.807, 2.05) is 6.92 Å². The first-order valence-corrected chi connectivity index (χ1v) is 5.69. The molecule has 1 N–H and O–H groups in total. The van der Waals surface area contributed by atoms with E-state index in [2.05, 4.69) is 5.32 Å². The summed E-state index contributed by atoms with van der Waals surface area (Å²) in [5.74, 6) is 0.526. The molecule has 1 heterocycles. The Kier molecular flexibility index (Phi) is 3.06. The Balaban J connectivity index is 1.74. The second kappa shape index (κ2) is 4.30. The van der Waals surface area contributed by atoms with Crippen LogP contribution in [0.4, 0.5) is 0 Å². The fourth-order valence-electron chi connectivity index (χ4n) is 2.10. The van der Waals surface area contributed by atoms with Crippen molar-refractivity contribution in [1.29, 1.82) is 0 Å². The third kappa shape index (κ3) is 2.08. The molecule has 2 rings (SSSR count). The number of amides is 1. The minimum atomic E-state index is 0.186. The Morgan fingerprint density at radius 3 is 2.64 bits per heavy atom. The second-order valence-corrected chi connectivity index (χ2v) is 4.48. The van der Waals surface area contributed by atoms with Crippen LogP contribution in [-0.4, -0.2) is 24.7 Å². The van der Waals surface area contributed by atoms with E-state index in [9.17, 15) is 4.79 Å². The lowest BCUT2D eigenvalue weighted by atomic mass is 9.84. The topological polar surface area (TPSA) is 38.3 Å². The van der Waals surface area contributed by atoms with Crippen LogP contribution in [0, 0.1) is 5.92 Å². The molecular weight excluding hydrogens is 178 g/mol. The van der Waals surface area contributed by atoms with Gasteiger partial charge in [-0.15, -0.1) is 0 Å². The number of ether oxygens (including phenoxy) is 1. The minimum Gasteiger partial charge on any atom is -0.376 e. The highest BCUT2D eigenvalue weighted by molar-refractivity contribution is 5.79. The zero-order valence-electron chi connectivity index (χ0n) is 8.79. The van der Waals surface area contributed by atoms with Crippen LogP contribution in [0.2, 0.25) is 0 Å². The second-order valence-electron chi connectivity index (χ2n) is 4.48. The van der Waals surface area contributed by atoms with Crippen molar-refractivity contribution in [2.24, 2.45) is 5.92 Å². The molecule has 0 aromatic heterocycles. The van der Waals surface area contributed by atoms with Crippen molar-refractivity contribution < 1.29 is 9.53 Å². The van der Waals surface area contributed by atoms with Crippen molar-refractivity contribution in [2.45, 2.75) is 51.2 Å². The molecule has 1 saturated heterocycles. The van der Waals surface area contributed by atoms with Gasteiger partial charge < -0.3 is 10.1 Å². The maximum Gasteiger partial charge on any atom is 0.223 e. The van der Waals surface area contributed by atoms with E-state index < -0.39 is 0 Å². The lowest BCUT2D eigenvalue weighted by Crippen LogP contribution is -2.45. The highest BCUT2D eigenvalue weighted by atomic mass is 16.5. The predicted molar refractivity (Wildman–Crippen MR) is 53.9 cm³/mol. The molecule has 0 aromatic carbocycles. The standard InChI is InChI=1S/C11H19NO2/c1-8(10-6-3-7-14-10)12-11(13)9-4-2-5-9/h8-10H,2-7H2,1H3,(H,12,13)/t8-,10-/m0/s1. The first-order chi connectivity index (χ1) is 6.77. The van der Waals surface area contributed by atoms with Crippen LogP contribution < -0.4 is 5.32 Å². The van der Waals surface area contributed by atoms with Crippen molar-refractivity contribution in [1.82, 2.24) is 5.32 Å². The molecule has 2 atom stereocenters. The third-order valence-corrected chi connectivity index (χ3v) is 3.37. The van der Waals surface area contributed by atoms with Gasteiger partial charge in [-0.25, -0.2) is 0 Å². The molecule has 2 aliphatic rings. The Bertz CT molecular complexity index is 207. The summed E-state index contributed by atoms with van der Waals surface area (Å²) in [6.07, 6.45) is 5.83. The van der Waals surface area contributed by atoms with Crippen molar-refractivity contribution in [3.63, 3.8) is 0 Å². The molecule has 3 nitrogen and oxygen atoms in total. The molecule has 1 aliphatic carbocycles. The molecular formula is C11H19NO2. The average Bonchev–Trinajstić information content (AvgIpc) is 2.51. The van der Waals surface area contributed by atoms with Gasteiger partial charge in [-0.3, -0.25) is 4.79 Å². The fraction of sp³-hybridized carbons (Fsp3) is 0.909. The lowest BCUT2D eigenvalue weighted by Gasteiger charge is -2.27. The number of carbonyl (C=O) groups is 1. The molecule has 0 unspecified atom stereocenters. The van der Waals surface area contributed by atoms with Crippen LogP contribution in [0.3, 0.4) is 0 Å². The molecule has 80 valence electrons. The van der Waals surface area contributed by atoms with Crippen LogP contribution in [0.1, 0.15) is 39.0 Å². The maximum absolute atomic E-state index is 11.6. The SMILES string of the molecule is C[C@H](NC(=O)C1CCC1)[C@@H]1CCCO1. The smallest absolute Gasteiger partial charge is 0.223 e. The van der Waals surface area contributed by atoms with Crippen molar-refractivity contribution in [2.75, 3.05) is 6.61 Å². The summed E-state index contributed by atoms with van der Waals surface area (Å²) in [6, 6.07) is 0.186. The van der Waals surface area contributed by atoms with Gasteiger partial charge in [-0.1, -0.05) is 6.42 Å². The van der Waals surface area contributed by atoms with Crippen LogP contribution >= 0.6 is 0 Å². The fourth-order valence-corrected chi connectivity index (χ4v) is 2.10. The van der Waals surface area contributed by atoms with E-state index in [4.69, 9.17) is 4.74 Å². The number of rotatable bonds is 3. The number of nitrogens with one attached hydrogen (secondary N) is 1. The van der Waals surface area contributed by atoms with E-state index in [0.29, 0.717) is 5.92 Å². The molecule has 1 aliphatic heterocycles. The normalized spacial score (nSPS) is 29.6. The maximum atomic E-state index is 11.6. The monoisotopic (exact) mass is 197 g/mol. The van der Waals surface area contributed by atoms with Gasteiger partial charge in [0.05, 0.1) is 12.1 Å². The van der Waals surface area contributed by atoms with E-state index in [1.165, 1.54) is 6.42 Å². The van der Waals surface area contributed by atoms with Gasteiger partial charge in [-0.05, 0) is 32.6 Å². The van der Waals surface area contributed by atoms with Gasteiger partial charge in [0.2, 0.25) is 5.91 Å². The molecule has 0 radical (unpaired) electrons. The van der Waals surface area contributed by atoms with Crippen molar-refractivity contribution >= 4 is 5.91 Å². The van der Waals surface area contributed by atoms with Crippen molar-refractivity contribution in [3.05, 3.63) is 0 Å². The van der Waals surface area contributed by atoms with Crippen molar-refractivity contribution in [3.8, 4) is 0 Å². The summed E-state index contributed by atoms with van der Waals surface area (Å²) in [5.41, 5.74) is 0. The third-order valence-electron chi connectivity index (χ3n) is 3.37. The van der Waals surface area contributed by atoms with Crippen LogP contribution in [0.5, 0.6) is 0 Å². The van der Waals surface area contributed by atoms with Gasteiger partial charge in [0.25, 0.3) is 0 Å². The zero-order valence-corrected chi connectivity index (χ0v) is 8.79. The summed E-state index contributed by atoms with van der Waals surface area (Å²) < 4.78 is 5.53. The molecule has 0 bridgehead atoms. The predicted octanol–water partition coefficient (Wildman–Crippen LogP) is 1.47. The van der Waals surface area contributed by atoms with Gasteiger partial charge in [0, 0.05) is 12.5 Å². The largest absolute Gasteiger partial charge is 0.376 e. The Morgan fingerprint density at radius 1 is 1.36 bits per heavy atom. The summed E-state index contributed by atoms with van der Waals surface area (Å²) >= 11 is 0. The summed E-state index contributed by atoms with van der Waals surface area (Å²) in [6.45, 7) is 2.90. The average molecular weight is 197 g/mol. The van der Waals surface area contributed by atoms with Crippen LogP contribution in [0.15, 0.2) is 0 Å². The number of hydrogen-bond donors (Lipinski definition) is 1. The van der Waals surface area contributed by atoms with Crippen LogP contribution in [0.25, 0.3) is 0 Å². The van der Waals surface area contributed by atoms with E-state index in [-0.39, 0.29) is 18.1 Å². The molecule has 3 heteroatoms. The molecule has 1 amide bonds. The lowest BCUT2D eigenvalue weighted by molar-refractivity contribution is -0.128. The van der Waals surface area contributed by atoms with Gasteiger partial charge in [-0.2, -0.15) is 0 Å². The van der Waals surface area contributed by atoms with E-state index in [0.717, 1.165) is 32.3 Å².